The zero-order chi connectivity index (χ0) is 4.99. The SMILES string of the molecule is CCC[C+](Br)Br. The van der Waals surface area contributed by atoms with Gasteiger partial charge in [-0.2, -0.15) is 0 Å². The zero-order valence-electron chi connectivity index (χ0n) is 3.67. The van der Waals surface area contributed by atoms with Crippen molar-refractivity contribution in [3.8, 4) is 0 Å². The summed E-state index contributed by atoms with van der Waals surface area (Å²) in [4.78, 5) is 0. The molecule has 0 atom stereocenters. The smallest absolute Gasteiger partial charge is 0.0612 e. The molecule has 0 bridgehead atoms. The first-order valence-electron chi connectivity index (χ1n) is 1.94. The summed E-state index contributed by atoms with van der Waals surface area (Å²) >= 11 is 6.54. The molecule has 6 heavy (non-hydrogen) atoms. The van der Waals surface area contributed by atoms with Crippen LogP contribution in [0.5, 0.6) is 0 Å². The Morgan fingerprint density at radius 2 is 2.00 bits per heavy atom. The molecule has 0 amide bonds. The lowest BCUT2D eigenvalue weighted by Crippen LogP contribution is -1.68. The van der Waals surface area contributed by atoms with Gasteiger partial charge in [-0.3, -0.25) is 0 Å². The second-order valence-electron chi connectivity index (χ2n) is 1.09. The minimum absolute atomic E-state index is 1.12. The summed E-state index contributed by atoms with van der Waals surface area (Å²) in [5, 5.41) is 0. The lowest BCUT2D eigenvalue weighted by atomic mass is 10.4. The average molecular weight is 215 g/mol. The van der Waals surface area contributed by atoms with E-state index in [1.165, 1.54) is 6.42 Å². The highest BCUT2D eigenvalue weighted by molar-refractivity contribution is 9.27. The average Bonchev–Trinajstić information content (AvgIpc) is 1.35. The fourth-order valence-electron chi connectivity index (χ4n) is 0.189. The van der Waals surface area contributed by atoms with Crippen LogP contribution in [0.25, 0.3) is 0 Å². The molecule has 0 rings (SSSR count). The van der Waals surface area contributed by atoms with Crippen LogP contribution in [-0.4, -0.2) is 0 Å². The van der Waals surface area contributed by atoms with Gasteiger partial charge in [-0.15, -0.1) is 0 Å². The molecular weight excluding hydrogens is 208 g/mol. The molecule has 0 aliphatic rings. The third kappa shape index (κ3) is 4.83. The monoisotopic (exact) mass is 213 g/mol. The predicted octanol–water partition coefficient (Wildman–Crippen LogP) is 3.07. The number of hydrogen-bond donors (Lipinski definition) is 0. The molecule has 0 radical (unpaired) electrons. The normalized spacial score (nSPS) is 8.50. The summed E-state index contributed by atoms with van der Waals surface area (Å²) in [5.74, 6) is 0. The third-order valence-electron chi connectivity index (χ3n) is 0.439. The Kier molecular flexibility index (Phi) is 4.56. The number of rotatable bonds is 2. The maximum Gasteiger partial charge on any atom is 0.240 e. The fourth-order valence-corrected chi connectivity index (χ4v) is 0.982. The lowest BCUT2D eigenvalue weighted by molar-refractivity contribution is 0.938. The maximum absolute atomic E-state index is 3.27. The molecule has 0 N–H and O–H groups in total. The van der Waals surface area contributed by atoms with Crippen LogP contribution < -0.4 is 0 Å². The Balaban J connectivity index is 2.63. The van der Waals surface area contributed by atoms with Gasteiger partial charge in [-0.05, 0) is 6.42 Å². The van der Waals surface area contributed by atoms with E-state index in [-0.39, 0.29) is 0 Å². The minimum atomic E-state index is 1.12. The Bertz CT molecular complexity index is 26.7. The zero-order valence-corrected chi connectivity index (χ0v) is 6.84. The highest BCUT2D eigenvalue weighted by Crippen LogP contribution is 2.22. The molecule has 0 saturated carbocycles. The summed E-state index contributed by atoms with van der Waals surface area (Å²) in [6, 6.07) is 0. The van der Waals surface area contributed by atoms with E-state index >= 15 is 0 Å². The van der Waals surface area contributed by atoms with E-state index < -0.39 is 0 Å². The van der Waals surface area contributed by atoms with E-state index in [9.17, 15) is 0 Å². The van der Waals surface area contributed by atoms with Crippen molar-refractivity contribution >= 4 is 31.9 Å². The van der Waals surface area contributed by atoms with Gasteiger partial charge >= 0.3 is 0 Å². The number of halogens is 2. The summed E-state index contributed by atoms with van der Waals surface area (Å²) < 4.78 is 1.16. The van der Waals surface area contributed by atoms with Gasteiger partial charge in [0.2, 0.25) is 35.6 Å². The predicted molar refractivity (Wildman–Crippen MR) is 36.0 cm³/mol. The van der Waals surface area contributed by atoms with Crippen LogP contribution in [0.4, 0.5) is 0 Å². The van der Waals surface area contributed by atoms with Crippen molar-refractivity contribution < 1.29 is 0 Å². The second-order valence-corrected chi connectivity index (χ2v) is 4.07. The van der Waals surface area contributed by atoms with Crippen molar-refractivity contribution in [1.82, 2.24) is 0 Å². The van der Waals surface area contributed by atoms with Gasteiger partial charge in [-0.25, -0.2) is 0 Å². The van der Waals surface area contributed by atoms with Crippen LogP contribution in [0.15, 0.2) is 0 Å². The van der Waals surface area contributed by atoms with Gasteiger partial charge in [0.25, 0.3) is 0 Å². The van der Waals surface area contributed by atoms with Crippen LogP contribution >= 0.6 is 31.9 Å². The molecular formula is C4H7Br2+. The van der Waals surface area contributed by atoms with Gasteiger partial charge in [0.05, 0.1) is 0 Å². The Morgan fingerprint density at radius 1 is 1.50 bits per heavy atom. The number of hydrogen-bond acceptors (Lipinski definition) is 0. The van der Waals surface area contributed by atoms with Crippen molar-refractivity contribution in [2.75, 3.05) is 0 Å². The van der Waals surface area contributed by atoms with E-state index in [0.29, 0.717) is 0 Å². The molecule has 0 spiro atoms. The van der Waals surface area contributed by atoms with Crippen LogP contribution in [0, 0.1) is 3.74 Å². The third-order valence-corrected chi connectivity index (χ3v) is 1.23. The molecule has 0 nitrogen and oxygen atoms in total. The van der Waals surface area contributed by atoms with Crippen molar-refractivity contribution in [3.63, 3.8) is 0 Å². The van der Waals surface area contributed by atoms with Gasteiger partial charge in [0, 0.05) is 0 Å². The molecule has 0 aromatic rings. The summed E-state index contributed by atoms with van der Waals surface area (Å²) in [7, 11) is 0. The quantitative estimate of drug-likeness (QED) is 0.620. The first-order valence-corrected chi connectivity index (χ1v) is 3.52. The Morgan fingerprint density at radius 3 is 2.00 bits per heavy atom. The summed E-state index contributed by atoms with van der Waals surface area (Å²) in [6.07, 6.45) is 2.33. The van der Waals surface area contributed by atoms with Gasteiger partial charge < -0.3 is 0 Å². The van der Waals surface area contributed by atoms with Crippen molar-refractivity contribution in [1.29, 1.82) is 0 Å². The maximum atomic E-state index is 3.27. The van der Waals surface area contributed by atoms with E-state index in [2.05, 4.69) is 38.8 Å². The van der Waals surface area contributed by atoms with E-state index in [0.717, 1.165) is 10.2 Å². The molecule has 0 saturated heterocycles. The van der Waals surface area contributed by atoms with Gasteiger partial charge in [0.1, 0.15) is 6.42 Å². The largest absolute Gasteiger partial charge is 0.240 e. The molecule has 0 aromatic carbocycles. The van der Waals surface area contributed by atoms with Crippen molar-refractivity contribution in [2.24, 2.45) is 0 Å². The first-order chi connectivity index (χ1) is 2.77. The van der Waals surface area contributed by atoms with Crippen LogP contribution in [-0.2, 0) is 0 Å². The molecule has 0 aromatic heterocycles. The Labute approximate surface area is 55.6 Å². The first kappa shape index (κ1) is 6.83. The molecule has 0 aliphatic heterocycles. The van der Waals surface area contributed by atoms with E-state index in [4.69, 9.17) is 0 Å². The highest BCUT2D eigenvalue weighted by Gasteiger charge is 2.07. The van der Waals surface area contributed by atoms with Gasteiger partial charge in [-0.1, -0.05) is 6.92 Å². The molecule has 0 heterocycles. The van der Waals surface area contributed by atoms with Crippen molar-refractivity contribution in [3.05, 3.63) is 3.74 Å². The standard InChI is InChI=1S/C4H7Br2/c1-2-3-4(5)6/h2-3H2,1H3/q+1. The van der Waals surface area contributed by atoms with E-state index in [1.807, 2.05) is 0 Å². The lowest BCUT2D eigenvalue weighted by Gasteiger charge is -1.76. The van der Waals surface area contributed by atoms with Gasteiger partial charge in [0.15, 0.2) is 0 Å². The van der Waals surface area contributed by atoms with Crippen molar-refractivity contribution in [2.45, 2.75) is 19.8 Å². The topological polar surface area (TPSA) is 0 Å². The highest BCUT2D eigenvalue weighted by atomic mass is 79.9. The molecule has 0 aliphatic carbocycles. The van der Waals surface area contributed by atoms with E-state index in [1.54, 1.807) is 0 Å². The van der Waals surface area contributed by atoms with Crippen LogP contribution in [0.2, 0.25) is 0 Å². The Hall–Kier alpha value is 0.830. The molecule has 2 heteroatoms. The second kappa shape index (κ2) is 4.00. The fraction of sp³-hybridized carbons (Fsp3) is 0.750. The summed E-state index contributed by atoms with van der Waals surface area (Å²) in [6.45, 7) is 2.14. The molecule has 0 unspecified atom stereocenters. The molecule has 0 fully saturated rings. The van der Waals surface area contributed by atoms with Crippen LogP contribution in [0.1, 0.15) is 19.8 Å². The summed E-state index contributed by atoms with van der Waals surface area (Å²) in [5.41, 5.74) is 0. The minimum Gasteiger partial charge on any atom is -0.0612 e. The van der Waals surface area contributed by atoms with Crippen LogP contribution in [0.3, 0.4) is 0 Å². The molecule has 36 valence electrons.